The van der Waals surface area contributed by atoms with E-state index in [4.69, 9.17) is 5.11 Å². The van der Waals surface area contributed by atoms with E-state index in [9.17, 15) is 19.3 Å². The molecule has 0 spiro atoms. The van der Waals surface area contributed by atoms with Crippen molar-refractivity contribution in [1.82, 2.24) is 4.90 Å². The van der Waals surface area contributed by atoms with E-state index in [1.165, 1.54) is 0 Å². The molecule has 1 aromatic carbocycles. The molecule has 0 aliphatic rings. The van der Waals surface area contributed by atoms with Crippen molar-refractivity contribution in [3.8, 4) is 0 Å². The number of halogens is 1. The first-order valence-electron chi connectivity index (χ1n) is 6.31. The molecule has 0 saturated carbocycles. The van der Waals surface area contributed by atoms with Crippen molar-refractivity contribution >= 4 is 17.3 Å². The third kappa shape index (κ3) is 4.38. The summed E-state index contributed by atoms with van der Waals surface area (Å²) in [6.45, 7) is 1.30. The number of carbonyl (C=O) groups is 1. The highest BCUT2D eigenvalue weighted by Crippen LogP contribution is 2.28. The molecule has 1 rings (SSSR count). The van der Waals surface area contributed by atoms with Crippen LogP contribution in [0.4, 0.5) is 15.8 Å². The summed E-state index contributed by atoms with van der Waals surface area (Å²) in [5.74, 6) is -2.26. The topological polar surface area (TPSA) is 86.9 Å². The largest absolute Gasteiger partial charge is 0.477 e. The monoisotopic (exact) mass is 299 g/mol. The summed E-state index contributed by atoms with van der Waals surface area (Å²) in [5, 5.41) is 19.8. The second-order valence-corrected chi connectivity index (χ2v) is 4.96. The number of hydrogen-bond acceptors (Lipinski definition) is 5. The van der Waals surface area contributed by atoms with E-state index in [0.717, 1.165) is 19.0 Å². The Labute approximate surface area is 121 Å². The minimum atomic E-state index is -1.45. The number of aromatic carboxylic acids is 1. The molecule has 1 N–H and O–H groups in total. The third-order valence-electron chi connectivity index (χ3n) is 3.00. The van der Waals surface area contributed by atoms with Crippen LogP contribution in [0.15, 0.2) is 12.1 Å². The van der Waals surface area contributed by atoms with E-state index in [1.54, 1.807) is 11.9 Å². The van der Waals surface area contributed by atoms with Crippen molar-refractivity contribution in [1.29, 1.82) is 0 Å². The average molecular weight is 299 g/mol. The molecular formula is C13H18FN3O4. The summed E-state index contributed by atoms with van der Waals surface area (Å²) in [7, 11) is 5.44. The molecule has 0 aliphatic heterocycles. The molecular weight excluding hydrogens is 281 g/mol. The number of benzene rings is 1. The van der Waals surface area contributed by atoms with Gasteiger partial charge in [0.2, 0.25) is 0 Å². The van der Waals surface area contributed by atoms with Gasteiger partial charge in [0, 0.05) is 13.6 Å². The van der Waals surface area contributed by atoms with Gasteiger partial charge in [-0.05, 0) is 33.1 Å². The first-order chi connectivity index (χ1) is 9.73. The van der Waals surface area contributed by atoms with Crippen LogP contribution < -0.4 is 4.90 Å². The number of nitro benzene ring substituents is 1. The number of carboxylic acid groups (broad SMARTS) is 1. The third-order valence-corrected chi connectivity index (χ3v) is 3.00. The van der Waals surface area contributed by atoms with Gasteiger partial charge >= 0.3 is 5.97 Å². The fraction of sp³-hybridized carbons (Fsp3) is 0.462. The van der Waals surface area contributed by atoms with Gasteiger partial charge in [0.1, 0.15) is 5.56 Å². The van der Waals surface area contributed by atoms with E-state index >= 15 is 0 Å². The van der Waals surface area contributed by atoms with Gasteiger partial charge in [-0.2, -0.15) is 0 Å². The minimum Gasteiger partial charge on any atom is -0.477 e. The molecule has 116 valence electrons. The Kier molecular flexibility index (Phi) is 5.60. The van der Waals surface area contributed by atoms with Crippen molar-refractivity contribution in [3.05, 3.63) is 33.6 Å². The highest BCUT2D eigenvalue weighted by molar-refractivity contribution is 5.93. The summed E-state index contributed by atoms with van der Waals surface area (Å²) in [5.41, 5.74) is -1.22. The lowest BCUT2D eigenvalue weighted by Gasteiger charge is -2.21. The number of nitro groups is 1. The van der Waals surface area contributed by atoms with Crippen molar-refractivity contribution in [2.45, 2.75) is 6.42 Å². The summed E-state index contributed by atoms with van der Waals surface area (Å²) >= 11 is 0. The van der Waals surface area contributed by atoms with Gasteiger partial charge in [-0.3, -0.25) is 10.1 Å². The van der Waals surface area contributed by atoms with Crippen LogP contribution in [0.1, 0.15) is 16.8 Å². The number of carboxylic acids is 1. The molecule has 0 saturated heterocycles. The molecule has 1 aromatic rings. The summed E-state index contributed by atoms with van der Waals surface area (Å²) in [4.78, 5) is 24.5. The van der Waals surface area contributed by atoms with Crippen LogP contribution in [-0.4, -0.2) is 55.1 Å². The van der Waals surface area contributed by atoms with Crippen LogP contribution >= 0.6 is 0 Å². The first-order valence-corrected chi connectivity index (χ1v) is 6.31. The Morgan fingerprint density at radius 3 is 2.43 bits per heavy atom. The van der Waals surface area contributed by atoms with Crippen molar-refractivity contribution in [2.24, 2.45) is 0 Å². The second kappa shape index (κ2) is 6.98. The van der Waals surface area contributed by atoms with Crippen LogP contribution in [0.2, 0.25) is 0 Å². The SMILES string of the molecule is CN(C)CCCN(C)c1cc(C(=O)O)c([N+](=O)[O-])cc1F. The van der Waals surface area contributed by atoms with Gasteiger partial charge in [0.15, 0.2) is 5.82 Å². The van der Waals surface area contributed by atoms with E-state index in [1.807, 2.05) is 19.0 Å². The Balaban J connectivity index is 3.05. The normalized spacial score (nSPS) is 10.7. The van der Waals surface area contributed by atoms with Gasteiger partial charge in [-0.15, -0.1) is 0 Å². The molecule has 0 heterocycles. The summed E-state index contributed by atoms with van der Waals surface area (Å²) < 4.78 is 13.9. The zero-order valence-electron chi connectivity index (χ0n) is 12.2. The van der Waals surface area contributed by atoms with Crippen molar-refractivity contribution in [3.63, 3.8) is 0 Å². The Hall–Kier alpha value is -2.22. The van der Waals surface area contributed by atoms with Crippen molar-refractivity contribution in [2.75, 3.05) is 39.1 Å². The molecule has 0 aromatic heterocycles. The van der Waals surface area contributed by atoms with E-state index in [0.29, 0.717) is 12.6 Å². The van der Waals surface area contributed by atoms with Crippen LogP contribution in [0.5, 0.6) is 0 Å². The zero-order chi connectivity index (χ0) is 16.2. The Bertz CT molecular complexity index is 548. The number of hydrogen-bond donors (Lipinski definition) is 1. The fourth-order valence-electron chi connectivity index (χ4n) is 1.91. The molecule has 21 heavy (non-hydrogen) atoms. The zero-order valence-corrected chi connectivity index (χ0v) is 12.2. The molecule has 0 radical (unpaired) electrons. The van der Waals surface area contributed by atoms with Crippen molar-refractivity contribution < 1.29 is 19.2 Å². The Morgan fingerprint density at radius 1 is 1.33 bits per heavy atom. The van der Waals surface area contributed by atoms with Crippen LogP contribution in [0.3, 0.4) is 0 Å². The van der Waals surface area contributed by atoms with Gasteiger partial charge in [-0.1, -0.05) is 0 Å². The molecule has 0 atom stereocenters. The van der Waals surface area contributed by atoms with Gasteiger partial charge in [0.05, 0.1) is 16.7 Å². The average Bonchev–Trinajstić information content (AvgIpc) is 2.37. The van der Waals surface area contributed by atoms with Crippen LogP contribution in [0.25, 0.3) is 0 Å². The maximum Gasteiger partial charge on any atom is 0.342 e. The summed E-state index contributed by atoms with van der Waals surface area (Å²) in [6.07, 6.45) is 0.752. The quantitative estimate of drug-likeness (QED) is 0.610. The number of anilines is 1. The molecule has 0 fully saturated rings. The number of rotatable bonds is 7. The molecule has 0 aliphatic carbocycles. The van der Waals surface area contributed by atoms with Gasteiger partial charge in [-0.25, -0.2) is 9.18 Å². The minimum absolute atomic E-state index is 0.0387. The smallest absolute Gasteiger partial charge is 0.342 e. The molecule has 0 bridgehead atoms. The lowest BCUT2D eigenvalue weighted by molar-refractivity contribution is -0.385. The maximum absolute atomic E-state index is 13.9. The second-order valence-electron chi connectivity index (χ2n) is 4.96. The molecule has 0 unspecified atom stereocenters. The maximum atomic E-state index is 13.9. The molecule has 7 nitrogen and oxygen atoms in total. The lowest BCUT2D eigenvalue weighted by atomic mass is 10.1. The number of nitrogens with zero attached hydrogens (tertiary/aromatic N) is 3. The van der Waals surface area contributed by atoms with Crippen LogP contribution in [0, 0.1) is 15.9 Å². The van der Waals surface area contributed by atoms with Crippen LogP contribution in [-0.2, 0) is 0 Å². The van der Waals surface area contributed by atoms with E-state index < -0.39 is 28.0 Å². The lowest BCUT2D eigenvalue weighted by Crippen LogP contribution is -2.24. The van der Waals surface area contributed by atoms with E-state index in [2.05, 4.69) is 0 Å². The highest BCUT2D eigenvalue weighted by Gasteiger charge is 2.24. The van der Waals surface area contributed by atoms with Gasteiger partial charge in [0.25, 0.3) is 5.69 Å². The van der Waals surface area contributed by atoms with Gasteiger partial charge < -0.3 is 14.9 Å². The Morgan fingerprint density at radius 2 is 1.95 bits per heavy atom. The fourth-order valence-corrected chi connectivity index (χ4v) is 1.91. The predicted octanol–water partition coefficient (Wildman–Crippen LogP) is 1.82. The predicted molar refractivity (Wildman–Crippen MR) is 76.5 cm³/mol. The standard InChI is InChI=1S/C13H18FN3O4/c1-15(2)5-4-6-16(3)12-7-9(13(18)19)11(17(20)21)8-10(12)14/h7-8H,4-6H2,1-3H3,(H,18,19). The molecule has 0 amide bonds. The first kappa shape index (κ1) is 16.8. The summed E-state index contributed by atoms with van der Waals surface area (Å²) in [6, 6.07) is 1.66. The molecule has 8 heteroatoms. The highest BCUT2D eigenvalue weighted by atomic mass is 19.1. The van der Waals surface area contributed by atoms with E-state index in [-0.39, 0.29) is 5.69 Å².